The molecule has 2 heterocycles. The van der Waals surface area contributed by atoms with Crippen LogP contribution in [-0.2, 0) is 19.1 Å². The number of pyridine rings is 1. The molecule has 0 aromatic carbocycles. The molecular formula is C12H13F3N4. The summed E-state index contributed by atoms with van der Waals surface area (Å²) in [6, 6.07) is 2.44. The van der Waals surface area contributed by atoms with Crippen molar-refractivity contribution in [2.24, 2.45) is 0 Å². The van der Waals surface area contributed by atoms with E-state index >= 15 is 0 Å². The van der Waals surface area contributed by atoms with Crippen molar-refractivity contribution in [2.75, 3.05) is 12.4 Å². The monoisotopic (exact) mass is 270 g/mol. The lowest BCUT2D eigenvalue weighted by molar-refractivity contribution is -0.141. The summed E-state index contributed by atoms with van der Waals surface area (Å²) in [7, 11) is 1.79. The Morgan fingerprint density at radius 3 is 2.58 bits per heavy atom. The largest absolute Gasteiger partial charge is 0.433 e. The first kappa shape index (κ1) is 13.4. The molecule has 4 nitrogen and oxygen atoms in total. The Labute approximate surface area is 108 Å². The van der Waals surface area contributed by atoms with Gasteiger partial charge in [0.15, 0.2) is 0 Å². The third-order valence-electron chi connectivity index (χ3n) is 2.67. The summed E-state index contributed by atoms with van der Waals surface area (Å²) >= 11 is 0. The number of rotatable bonds is 4. The van der Waals surface area contributed by atoms with E-state index in [1.165, 1.54) is 12.3 Å². The predicted octanol–water partition coefficient (Wildman–Crippen LogP) is 2.58. The van der Waals surface area contributed by atoms with E-state index in [4.69, 9.17) is 0 Å². The fourth-order valence-electron chi connectivity index (χ4n) is 1.60. The van der Waals surface area contributed by atoms with E-state index in [-0.39, 0.29) is 0 Å². The number of halogens is 3. The van der Waals surface area contributed by atoms with E-state index < -0.39 is 11.9 Å². The quantitative estimate of drug-likeness (QED) is 0.928. The first-order chi connectivity index (χ1) is 8.99. The first-order valence-electron chi connectivity index (χ1n) is 5.71. The Balaban J connectivity index is 1.96. The Morgan fingerprint density at radius 2 is 2.05 bits per heavy atom. The highest BCUT2D eigenvalue weighted by Crippen LogP contribution is 2.27. The number of aromatic nitrogens is 3. The molecule has 0 unspecified atom stereocenters. The molecule has 0 fully saturated rings. The van der Waals surface area contributed by atoms with Crippen LogP contribution in [0.2, 0.25) is 0 Å². The summed E-state index contributed by atoms with van der Waals surface area (Å²) in [6.45, 7) is 0.592. The van der Waals surface area contributed by atoms with E-state index in [9.17, 15) is 13.2 Å². The fourth-order valence-corrected chi connectivity index (χ4v) is 1.60. The molecule has 0 saturated heterocycles. The molecule has 102 valence electrons. The molecule has 0 aliphatic heterocycles. The van der Waals surface area contributed by atoms with Crippen LogP contribution in [0.3, 0.4) is 0 Å². The van der Waals surface area contributed by atoms with Crippen molar-refractivity contribution in [1.82, 2.24) is 14.8 Å². The van der Waals surface area contributed by atoms with E-state index in [0.717, 1.165) is 17.3 Å². The molecule has 0 atom stereocenters. The van der Waals surface area contributed by atoms with E-state index in [1.54, 1.807) is 17.9 Å². The van der Waals surface area contributed by atoms with Crippen LogP contribution >= 0.6 is 0 Å². The summed E-state index contributed by atoms with van der Waals surface area (Å²) in [5, 5.41) is 7.06. The summed E-state index contributed by atoms with van der Waals surface area (Å²) in [5.41, 5.74) is 0.771. The normalized spacial score (nSPS) is 11.6. The molecule has 0 spiro atoms. The van der Waals surface area contributed by atoms with Crippen molar-refractivity contribution in [3.63, 3.8) is 0 Å². The van der Waals surface area contributed by atoms with Crippen LogP contribution in [0.5, 0.6) is 0 Å². The van der Waals surface area contributed by atoms with Gasteiger partial charge in [-0.1, -0.05) is 6.07 Å². The maximum Gasteiger partial charge on any atom is 0.433 e. The summed E-state index contributed by atoms with van der Waals surface area (Å²) in [4.78, 5) is 3.42. The van der Waals surface area contributed by atoms with Crippen LogP contribution in [0.15, 0.2) is 30.7 Å². The maximum absolute atomic E-state index is 12.3. The lowest BCUT2D eigenvalue weighted by Crippen LogP contribution is -2.08. The molecule has 2 rings (SSSR count). The minimum atomic E-state index is -4.39. The average molecular weight is 270 g/mol. The molecule has 0 bridgehead atoms. The van der Waals surface area contributed by atoms with Gasteiger partial charge in [0, 0.05) is 26.0 Å². The molecule has 1 N–H and O–H groups in total. The van der Waals surface area contributed by atoms with Gasteiger partial charge in [0.25, 0.3) is 0 Å². The van der Waals surface area contributed by atoms with Gasteiger partial charge >= 0.3 is 6.18 Å². The SMILES string of the molecule is CNc1cnn(CCc2ccc(C(F)(F)F)nc2)c1. The number of anilines is 1. The van der Waals surface area contributed by atoms with Crippen molar-refractivity contribution in [2.45, 2.75) is 19.1 Å². The second-order valence-electron chi connectivity index (χ2n) is 4.04. The Hall–Kier alpha value is -2.05. The molecule has 0 saturated carbocycles. The standard InChI is InChI=1S/C12H13F3N4/c1-16-10-7-18-19(8-10)5-4-9-2-3-11(17-6-9)12(13,14)15/h2-3,6-8,16H,4-5H2,1H3. The molecular weight excluding hydrogens is 257 g/mol. The Bertz CT molecular complexity index is 531. The van der Waals surface area contributed by atoms with Gasteiger partial charge in [-0.3, -0.25) is 9.67 Å². The molecule has 0 aliphatic carbocycles. The zero-order chi connectivity index (χ0) is 13.9. The van der Waals surface area contributed by atoms with Crippen molar-refractivity contribution >= 4 is 5.69 Å². The second-order valence-corrected chi connectivity index (χ2v) is 4.04. The number of alkyl halides is 3. The van der Waals surface area contributed by atoms with Crippen molar-refractivity contribution in [1.29, 1.82) is 0 Å². The summed E-state index contributed by atoms with van der Waals surface area (Å²) in [6.07, 6.45) is 0.964. The van der Waals surface area contributed by atoms with E-state index in [1.807, 2.05) is 6.20 Å². The molecule has 19 heavy (non-hydrogen) atoms. The third-order valence-corrected chi connectivity index (χ3v) is 2.67. The minimum Gasteiger partial charge on any atom is -0.386 e. The van der Waals surface area contributed by atoms with Crippen molar-refractivity contribution < 1.29 is 13.2 Å². The smallest absolute Gasteiger partial charge is 0.386 e. The highest BCUT2D eigenvalue weighted by Gasteiger charge is 2.31. The molecule has 0 amide bonds. The Kier molecular flexibility index (Phi) is 3.73. The number of hydrogen-bond donors (Lipinski definition) is 1. The van der Waals surface area contributed by atoms with Gasteiger partial charge in [0.2, 0.25) is 0 Å². The van der Waals surface area contributed by atoms with Gasteiger partial charge in [-0.2, -0.15) is 18.3 Å². The molecule has 0 aliphatic rings. The summed E-state index contributed by atoms with van der Waals surface area (Å²) < 4.78 is 38.7. The number of hydrogen-bond acceptors (Lipinski definition) is 3. The van der Waals surface area contributed by atoms with Gasteiger partial charge in [0.05, 0.1) is 11.9 Å². The zero-order valence-corrected chi connectivity index (χ0v) is 10.3. The minimum absolute atomic E-state index is 0.579. The fraction of sp³-hybridized carbons (Fsp3) is 0.333. The van der Waals surface area contributed by atoms with Gasteiger partial charge in [0.1, 0.15) is 5.69 Å². The number of nitrogens with zero attached hydrogens (tertiary/aromatic N) is 3. The van der Waals surface area contributed by atoms with Crippen LogP contribution in [0.4, 0.5) is 18.9 Å². The maximum atomic E-state index is 12.3. The molecule has 2 aromatic heterocycles. The van der Waals surface area contributed by atoms with Crippen LogP contribution in [-0.4, -0.2) is 21.8 Å². The topological polar surface area (TPSA) is 42.7 Å². The summed E-state index contributed by atoms with van der Waals surface area (Å²) in [5.74, 6) is 0. The van der Waals surface area contributed by atoms with Gasteiger partial charge in [-0.05, 0) is 18.1 Å². The Morgan fingerprint density at radius 1 is 1.26 bits per heavy atom. The predicted molar refractivity (Wildman–Crippen MR) is 64.7 cm³/mol. The van der Waals surface area contributed by atoms with Gasteiger partial charge in [-0.25, -0.2) is 0 Å². The number of nitrogens with one attached hydrogen (secondary N) is 1. The van der Waals surface area contributed by atoms with Crippen LogP contribution < -0.4 is 5.32 Å². The van der Waals surface area contributed by atoms with E-state index in [2.05, 4.69) is 15.4 Å². The molecule has 2 aromatic rings. The van der Waals surface area contributed by atoms with Gasteiger partial charge in [-0.15, -0.1) is 0 Å². The zero-order valence-electron chi connectivity index (χ0n) is 10.3. The van der Waals surface area contributed by atoms with Crippen LogP contribution in [0, 0.1) is 0 Å². The van der Waals surface area contributed by atoms with Crippen molar-refractivity contribution in [3.8, 4) is 0 Å². The lowest BCUT2D eigenvalue weighted by atomic mass is 10.2. The molecule has 0 radical (unpaired) electrons. The molecule has 7 heteroatoms. The second kappa shape index (κ2) is 5.29. The number of aryl methyl sites for hydroxylation is 2. The average Bonchev–Trinajstić information content (AvgIpc) is 2.84. The van der Waals surface area contributed by atoms with Gasteiger partial charge < -0.3 is 5.32 Å². The lowest BCUT2D eigenvalue weighted by Gasteiger charge is -2.06. The highest BCUT2D eigenvalue weighted by molar-refractivity contribution is 5.36. The van der Waals surface area contributed by atoms with Crippen LogP contribution in [0.25, 0.3) is 0 Å². The van der Waals surface area contributed by atoms with E-state index in [0.29, 0.717) is 13.0 Å². The first-order valence-corrected chi connectivity index (χ1v) is 5.71. The highest BCUT2D eigenvalue weighted by atomic mass is 19.4. The van der Waals surface area contributed by atoms with Crippen LogP contribution in [0.1, 0.15) is 11.3 Å². The van der Waals surface area contributed by atoms with Crippen molar-refractivity contribution in [3.05, 3.63) is 42.0 Å². The third kappa shape index (κ3) is 3.46.